The van der Waals surface area contributed by atoms with E-state index in [1.54, 1.807) is 0 Å². The maximum atomic E-state index is 8.49. The molecule has 0 N–H and O–H groups in total. The summed E-state index contributed by atoms with van der Waals surface area (Å²) in [4.78, 5) is 1.84. The van der Waals surface area contributed by atoms with E-state index in [0.29, 0.717) is 5.88 Å². The number of nitrogens with zero attached hydrogens (tertiary/aromatic N) is 1. The van der Waals surface area contributed by atoms with Gasteiger partial charge in [-0.2, -0.15) is 5.26 Å². The van der Waals surface area contributed by atoms with Crippen LogP contribution < -0.4 is 0 Å². The Hall–Kier alpha value is -0.520. The van der Waals surface area contributed by atoms with Crippen LogP contribution in [0.2, 0.25) is 0 Å². The zero-order valence-electron chi connectivity index (χ0n) is 5.52. The van der Waals surface area contributed by atoms with Crippen molar-refractivity contribution in [1.29, 1.82) is 5.26 Å². The first-order valence-electron chi connectivity index (χ1n) is 2.83. The van der Waals surface area contributed by atoms with E-state index in [2.05, 4.69) is 6.07 Å². The number of halogens is 1. The van der Waals surface area contributed by atoms with Gasteiger partial charge in [0.1, 0.15) is 10.9 Å². The fourth-order valence-electron chi connectivity index (χ4n) is 0.708. The number of rotatable bonds is 1. The maximum absolute atomic E-state index is 8.49. The van der Waals surface area contributed by atoms with Crippen molar-refractivity contribution in [2.24, 2.45) is 0 Å². The lowest BCUT2D eigenvalue weighted by atomic mass is 10.3. The predicted molar refractivity (Wildman–Crippen MR) is 43.3 cm³/mol. The van der Waals surface area contributed by atoms with Crippen molar-refractivity contribution >= 4 is 22.9 Å². The van der Waals surface area contributed by atoms with Crippen LogP contribution in [-0.2, 0) is 5.88 Å². The SMILES string of the molecule is Cc1cc(C#N)sc1CCl. The second kappa shape index (κ2) is 3.05. The normalized spacial score (nSPS) is 9.30. The molecule has 1 rings (SSSR count). The number of hydrogen-bond donors (Lipinski definition) is 0. The molecular weight excluding hydrogens is 166 g/mol. The summed E-state index contributed by atoms with van der Waals surface area (Å²) < 4.78 is 0. The Morgan fingerprint density at radius 3 is 2.80 bits per heavy atom. The van der Waals surface area contributed by atoms with E-state index in [4.69, 9.17) is 16.9 Å². The number of aryl methyl sites for hydroxylation is 1. The highest BCUT2D eigenvalue weighted by molar-refractivity contribution is 7.12. The molecule has 0 radical (unpaired) electrons. The maximum Gasteiger partial charge on any atom is 0.110 e. The van der Waals surface area contributed by atoms with E-state index in [9.17, 15) is 0 Å². The van der Waals surface area contributed by atoms with E-state index < -0.39 is 0 Å². The minimum atomic E-state index is 0.512. The third-order valence-corrected chi connectivity index (χ3v) is 2.82. The molecule has 1 nitrogen and oxygen atoms in total. The van der Waals surface area contributed by atoms with Crippen molar-refractivity contribution in [1.82, 2.24) is 0 Å². The van der Waals surface area contributed by atoms with Crippen LogP contribution in [0, 0.1) is 18.3 Å². The van der Waals surface area contributed by atoms with Crippen molar-refractivity contribution < 1.29 is 0 Å². The minimum Gasteiger partial charge on any atom is -0.192 e. The van der Waals surface area contributed by atoms with Crippen LogP contribution >= 0.6 is 22.9 Å². The van der Waals surface area contributed by atoms with Gasteiger partial charge in [-0.3, -0.25) is 0 Å². The number of thiophene rings is 1. The van der Waals surface area contributed by atoms with E-state index in [-0.39, 0.29) is 0 Å². The lowest BCUT2D eigenvalue weighted by molar-refractivity contribution is 1.39. The first kappa shape index (κ1) is 7.59. The van der Waals surface area contributed by atoms with E-state index in [0.717, 1.165) is 15.3 Å². The molecule has 0 aliphatic heterocycles. The summed E-state index contributed by atoms with van der Waals surface area (Å²) in [5, 5.41) is 8.49. The molecule has 0 atom stereocenters. The average molecular weight is 172 g/mol. The third kappa shape index (κ3) is 1.31. The monoisotopic (exact) mass is 171 g/mol. The van der Waals surface area contributed by atoms with Gasteiger partial charge in [0, 0.05) is 4.88 Å². The van der Waals surface area contributed by atoms with Gasteiger partial charge in [0.2, 0.25) is 0 Å². The highest BCUT2D eigenvalue weighted by atomic mass is 35.5. The molecule has 52 valence electrons. The number of hydrogen-bond acceptors (Lipinski definition) is 2. The van der Waals surface area contributed by atoms with Gasteiger partial charge in [0.25, 0.3) is 0 Å². The van der Waals surface area contributed by atoms with Gasteiger partial charge in [0.15, 0.2) is 0 Å². The lowest BCUT2D eigenvalue weighted by Crippen LogP contribution is -1.70. The Kier molecular flexibility index (Phi) is 2.31. The van der Waals surface area contributed by atoms with Crippen LogP contribution in [0.15, 0.2) is 6.07 Å². The summed E-state index contributed by atoms with van der Waals surface area (Å²) in [5.74, 6) is 0.512. The first-order valence-corrected chi connectivity index (χ1v) is 4.18. The van der Waals surface area contributed by atoms with Crippen LogP contribution in [0.3, 0.4) is 0 Å². The molecule has 1 aromatic rings. The summed E-state index contributed by atoms with van der Waals surface area (Å²) in [5.41, 5.74) is 1.12. The second-order valence-corrected chi connectivity index (χ2v) is 3.37. The van der Waals surface area contributed by atoms with Crippen molar-refractivity contribution in [3.63, 3.8) is 0 Å². The second-order valence-electron chi connectivity index (χ2n) is 1.96. The van der Waals surface area contributed by atoms with Crippen LogP contribution in [-0.4, -0.2) is 0 Å². The largest absolute Gasteiger partial charge is 0.192 e. The highest BCUT2D eigenvalue weighted by Crippen LogP contribution is 2.22. The molecule has 1 aromatic heterocycles. The molecule has 3 heteroatoms. The van der Waals surface area contributed by atoms with Crippen LogP contribution in [0.5, 0.6) is 0 Å². The first-order chi connectivity index (χ1) is 4.77. The van der Waals surface area contributed by atoms with Gasteiger partial charge in [-0.05, 0) is 18.6 Å². The van der Waals surface area contributed by atoms with E-state index >= 15 is 0 Å². The Morgan fingerprint density at radius 2 is 2.50 bits per heavy atom. The fraction of sp³-hybridized carbons (Fsp3) is 0.286. The Morgan fingerprint density at radius 1 is 1.80 bits per heavy atom. The third-order valence-electron chi connectivity index (χ3n) is 1.25. The molecule has 0 amide bonds. The topological polar surface area (TPSA) is 23.8 Å². The lowest BCUT2D eigenvalue weighted by Gasteiger charge is -1.85. The van der Waals surface area contributed by atoms with Crippen molar-refractivity contribution in [2.45, 2.75) is 12.8 Å². The van der Waals surface area contributed by atoms with Crippen molar-refractivity contribution in [3.05, 3.63) is 21.4 Å². The summed E-state index contributed by atoms with van der Waals surface area (Å²) in [7, 11) is 0. The standard InChI is InChI=1S/C7H6ClNS/c1-5-2-6(4-9)10-7(5)3-8/h2H,3H2,1H3. The molecule has 0 aromatic carbocycles. The van der Waals surface area contributed by atoms with Crippen molar-refractivity contribution in [3.8, 4) is 6.07 Å². The Labute approximate surface area is 68.9 Å². The Balaban J connectivity index is 3.07. The van der Waals surface area contributed by atoms with Gasteiger partial charge in [-0.15, -0.1) is 22.9 Å². The molecule has 0 saturated heterocycles. The van der Waals surface area contributed by atoms with Gasteiger partial charge < -0.3 is 0 Å². The molecular formula is C7H6ClNS. The van der Waals surface area contributed by atoms with Crippen LogP contribution in [0.1, 0.15) is 15.3 Å². The van der Waals surface area contributed by atoms with Crippen LogP contribution in [0.4, 0.5) is 0 Å². The van der Waals surface area contributed by atoms with Gasteiger partial charge >= 0.3 is 0 Å². The molecule has 0 aliphatic carbocycles. The highest BCUT2D eigenvalue weighted by Gasteiger charge is 2.02. The zero-order valence-corrected chi connectivity index (χ0v) is 7.09. The molecule has 0 fully saturated rings. The van der Waals surface area contributed by atoms with Gasteiger partial charge in [-0.25, -0.2) is 0 Å². The average Bonchev–Trinajstić information content (AvgIpc) is 2.30. The van der Waals surface area contributed by atoms with Gasteiger partial charge in [0.05, 0.1) is 5.88 Å². The molecule has 0 saturated carbocycles. The minimum absolute atomic E-state index is 0.512. The van der Waals surface area contributed by atoms with E-state index in [1.807, 2.05) is 13.0 Å². The zero-order chi connectivity index (χ0) is 7.56. The van der Waals surface area contributed by atoms with Gasteiger partial charge in [-0.1, -0.05) is 0 Å². The molecule has 0 aliphatic rings. The number of alkyl halides is 1. The molecule has 0 spiro atoms. The molecule has 10 heavy (non-hydrogen) atoms. The fourth-order valence-corrected chi connectivity index (χ4v) is 1.90. The smallest absolute Gasteiger partial charge is 0.110 e. The predicted octanol–water partition coefficient (Wildman–Crippen LogP) is 2.67. The molecule has 0 bridgehead atoms. The summed E-state index contributed by atoms with van der Waals surface area (Å²) in [6, 6.07) is 3.95. The van der Waals surface area contributed by atoms with E-state index in [1.165, 1.54) is 11.3 Å². The van der Waals surface area contributed by atoms with Crippen LogP contribution in [0.25, 0.3) is 0 Å². The number of nitriles is 1. The molecule has 1 heterocycles. The van der Waals surface area contributed by atoms with Crippen molar-refractivity contribution in [2.75, 3.05) is 0 Å². The summed E-state index contributed by atoms with van der Waals surface area (Å²) >= 11 is 7.07. The quantitative estimate of drug-likeness (QED) is 0.596. The molecule has 0 unspecified atom stereocenters. The Bertz CT molecular complexity index is 272. The summed E-state index contributed by atoms with van der Waals surface area (Å²) in [6.07, 6.45) is 0. The summed E-state index contributed by atoms with van der Waals surface area (Å²) in [6.45, 7) is 1.97.